The van der Waals surface area contributed by atoms with E-state index < -0.39 is 12.1 Å². The standard InChI is InChI=1S/C14H11ClN2O3/c15-10-6-8-12(9-7-10)20-14(19)17-13(18)16-11-4-2-1-3-5-11/h1-9H,(H2,16,17,18,19). The molecule has 0 radical (unpaired) electrons. The van der Waals surface area contributed by atoms with Crippen LogP contribution in [0, 0.1) is 0 Å². The summed E-state index contributed by atoms with van der Waals surface area (Å²) >= 11 is 5.70. The van der Waals surface area contributed by atoms with Crippen molar-refractivity contribution in [2.24, 2.45) is 0 Å². The maximum absolute atomic E-state index is 11.5. The van der Waals surface area contributed by atoms with Crippen LogP contribution in [-0.2, 0) is 0 Å². The summed E-state index contributed by atoms with van der Waals surface area (Å²) in [6, 6.07) is 14.3. The summed E-state index contributed by atoms with van der Waals surface area (Å²) in [5, 5.41) is 5.07. The third-order valence-corrected chi connectivity index (χ3v) is 2.52. The molecule has 0 saturated carbocycles. The second-order valence-corrected chi connectivity index (χ2v) is 4.23. The highest BCUT2D eigenvalue weighted by molar-refractivity contribution is 6.30. The molecule has 0 aliphatic rings. The van der Waals surface area contributed by atoms with Gasteiger partial charge in [-0.3, -0.25) is 0 Å². The van der Waals surface area contributed by atoms with Gasteiger partial charge >= 0.3 is 12.1 Å². The highest BCUT2D eigenvalue weighted by Crippen LogP contribution is 2.15. The van der Waals surface area contributed by atoms with Crippen molar-refractivity contribution in [3.8, 4) is 5.75 Å². The number of nitrogens with one attached hydrogen (secondary N) is 2. The Kier molecular flexibility index (Phi) is 4.57. The molecule has 0 aliphatic carbocycles. The predicted molar refractivity (Wildman–Crippen MR) is 76.1 cm³/mol. The Balaban J connectivity index is 1.85. The zero-order valence-corrected chi connectivity index (χ0v) is 11.1. The molecule has 0 heterocycles. The maximum Gasteiger partial charge on any atom is 0.420 e. The normalized spacial score (nSPS) is 9.65. The predicted octanol–water partition coefficient (Wildman–Crippen LogP) is 3.66. The number of hydrogen-bond donors (Lipinski definition) is 2. The lowest BCUT2D eigenvalue weighted by atomic mass is 10.3. The summed E-state index contributed by atoms with van der Waals surface area (Å²) < 4.78 is 4.91. The van der Waals surface area contributed by atoms with Gasteiger partial charge in [-0.05, 0) is 36.4 Å². The largest absolute Gasteiger partial charge is 0.420 e. The number of hydrogen-bond acceptors (Lipinski definition) is 3. The molecule has 0 spiro atoms. The van der Waals surface area contributed by atoms with Gasteiger partial charge in [0, 0.05) is 10.7 Å². The molecule has 2 N–H and O–H groups in total. The van der Waals surface area contributed by atoms with Crippen molar-refractivity contribution in [2.75, 3.05) is 5.32 Å². The maximum atomic E-state index is 11.5. The number of carbonyl (C=O) groups excluding carboxylic acids is 2. The minimum atomic E-state index is -0.874. The number of anilines is 1. The Morgan fingerprint density at radius 1 is 0.950 bits per heavy atom. The Labute approximate surface area is 120 Å². The number of ether oxygens (including phenoxy) is 1. The third kappa shape index (κ3) is 4.29. The van der Waals surface area contributed by atoms with Crippen LogP contribution >= 0.6 is 11.6 Å². The van der Waals surface area contributed by atoms with Gasteiger partial charge in [-0.2, -0.15) is 0 Å². The van der Waals surface area contributed by atoms with Gasteiger partial charge < -0.3 is 10.1 Å². The first-order chi connectivity index (χ1) is 9.63. The van der Waals surface area contributed by atoms with E-state index in [1.54, 1.807) is 36.4 Å². The smallest absolute Gasteiger partial charge is 0.410 e. The number of carbonyl (C=O) groups is 2. The second-order valence-electron chi connectivity index (χ2n) is 3.79. The van der Waals surface area contributed by atoms with Crippen molar-refractivity contribution in [1.29, 1.82) is 0 Å². The van der Waals surface area contributed by atoms with Crippen LogP contribution in [-0.4, -0.2) is 12.1 Å². The first-order valence-electron chi connectivity index (χ1n) is 5.74. The van der Waals surface area contributed by atoms with E-state index in [0.717, 1.165) is 0 Å². The van der Waals surface area contributed by atoms with Gasteiger partial charge in [0.05, 0.1) is 0 Å². The molecule has 2 rings (SSSR count). The summed E-state index contributed by atoms with van der Waals surface area (Å²) in [5.41, 5.74) is 0.573. The third-order valence-electron chi connectivity index (χ3n) is 2.27. The van der Waals surface area contributed by atoms with E-state index in [1.807, 2.05) is 11.4 Å². The molecule has 5 nitrogen and oxygen atoms in total. The molecule has 0 fully saturated rings. The molecule has 0 aliphatic heterocycles. The average Bonchev–Trinajstić information content (AvgIpc) is 2.42. The fourth-order valence-corrected chi connectivity index (χ4v) is 1.54. The summed E-state index contributed by atoms with van der Waals surface area (Å²) in [4.78, 5) is 23.0. The summed E-state index contributed by atoms with van der Waals surface area (Å²) in [6.45, 7) is 0. The Bertz CT molecular complexity index is 600. The number of amides is 3. The van der Waals surface area contributed by atoms with Crippen molar-refractivity contribution >= 4 is 29.4 Å². The number of rotatable bonds is 2. The molecule has 20 heavy (non-hydrogen) atoms. The average molecular weight is 291 g/mol. The summed E-state index contributed by atoms with van der Waals surface area (Å²) in [5.74, 6) is 0.291. The van der Waals surface area contributed by atoms with Crippen molar-refractivity contribution in [1.82, 2.24) is 5.32 Å². The van der Waals surface area contributed by atoms with Crippen LogP contribution in [0.25, 0.3) is 0 Å². The van der Waals surface area contributed by atoms with Crippen LogP contribution < -0.4 is 15.4 Å². The van der Waals surface area contributed by atoms with Gasteiger partial charge in [0.25, 0.3) is 0 Å². The molecule has 6 heteroatoms. The zero-order chi connectivity index (χ0) is 14.4. The van der Waals surface area contributed by atoms with E-state index >= 15 is 0 Å². The van der Waals surface area contributed by atoms with Crippen molar-refractivity contribution in [2.45, 2.75) is 0 Å². The first kappa shape index (κ1) is 13.9. The molecular formula is C14H11ClN2O3. The molecule has 0 saturated heterocycles. The van der Waals surface area contributed by atoms with Crippen LogP contribution in [0.2, 0.25) is 5.02 Å². The monoisotopic (exact) mass is 290 g/mol. The second kappa shape index (κ2) is 6.58. The van der Waals surface area contributed by atoms with E-state index in [-0.39, 0.29) is 0 Å². The Morgan fingerprint density at radius 3 is 2.25 bits per heavy atom. The van der Waals surface area contributed by atoms with Crippen LogP contribution in [0.4, 0.5) is 15.3 Å². The highest BCUT2D eigenvalue weighted by atomic mass is 35.5. The van der Waals surface area contributed by atoms with Gasteiger partial charge in [-0.25, -0.2) is 14.9 Å². The van der Waals surface area contributed by atoms with E-state index in [0.29, 0.717) is 16.5 Å². The van der Waals surface area contributed by atoms with E-state index in [4.69, 9.17) is 16.3 Å². The van der Waals surface area contributed by atoms with E-state index in [2.05, 4.69) is 5.32 Å². The van der Waals surface area contributed by atoms with Gasteiger partial charge in [0.1, 0.15) is 5.75 Å². The van der Waals surface area contributed by atoms with Crippen molar-refractivity contribution in [3.63, 3.8) is 0 Å². The fraction of sp³-hybridized carbons (Fsp3) is 0. The van der Waals surface area contributed by atoms with E-state index in [9.17, 15) is 9.59 Å². The number of imide groups is 1. The molecule has 2 aromatic rings. The Hall–Kier alpha value is -2.53. The lowest BCUT2D eigenvalue weighted by Gasteiger charge is -2.07. The lowest BCUT2D eigenvalue weighted by Crippen LogP contribution is -2.36. The summed E-state index contributed by atoms with van der Waals surface area (Å²) in [7, 11) is 0. The van der Waals surface area contributed by atoms with Crippen LogP contribution in [0.3, 0.4) is 0 Å². The first-order valence-corrected chi connectivity index (χ1v) is 6.12. The molecule has 0 unspecified atom stereocenters. The topological polar surface area (TPSA) is 67.4 Å². The molecular weight excluding hydrogens is 280 g/mol. The molecule has 102 valence electrons. The molecule has 0 bridgehead atoms. The molecule has 3 amide bonds. The van der Waals surface area contributed by atoms with Gasteiger partial charge in [-0.1, -0.05) is 29.8 Å². The number of urea groups is 1. The number of para-hydroxylation sites is 1. The van der Waals surface area contributed by atoms with Gasteiger partial charge in [0.2, 0.25) is 0 Å². The van der Waals surface area contributed by atoms with Crippen LogP contribution in [0.5, 0.6) is 5.75 Å². The number of halogens is 1. The molecule has 2 aromatic carbocycles. The highest BCUT2D eigenvalue weighted by Gasteiger charge is 2.09. The summed E-state index contributed by atoms with van der Waals surface area (Å²) in [6.07, 6.45) is -0.874. The van der Waals surface area contributed by atoms with E-state index in [1.165, 1.54) is 12.1 Å². The quantitative estimate of drug-likeness (QED) is 0.887. The van der Waals surface area contributed by atoms with Crippen molar-refractivity contribution < 1.29 is 14.3 Å². The minimum absolute atomic E-state index is 0.291. The minimum Gasteiger partial charge on any atom is -0.410 e. The Morgan fingerprint density at radius 2 is 1.60 bits per heavy atom. The van der Waals surface area contributed by atoms with Crippen LogP contribution in [0.15, 0.2) is 54.6 Å². The lowest BCUT2D eigenvalue weighted by molar-refractivity contribution is 0.199. The van der Waals surface area contributed by atoms with Crippen LogP contribution in [0.1, 0.15) is 0 Å². The molecule has 0 aromatic heterocycles. The zero-order valence-electron chi connectivity index (χ0n) is 10.3. The number of benzene rings is 2. The molecule has 0 atom stereocenters. The SMILES string of the molecule is O=C(NC(=O)Oc1ccc(Cl)cc1)Nc1ccccc1. The fourth-order valence-electron chi connectivity index (χ4n) is 1.41. The van der Waals surface area contributed by atoms with Crippen molar-refractivity contribution in [3.05, 3.63) is 59.6 Å². The van der Waals surface area contributed by atoms with Gasteiger partial charge in [0.15, 0.2) is 0 Å². The van der Waals surface area contributed by atoms with Gasteiger partial charge in [-0.15, -0.1) is 0 Å².